The molecule has 0 N–H and O–H groups in total. The first-order chi connectivity index (χ1) is 5.31. The van der Waals surface area contributed by atoms with Gasteiger partial charge in [-0.25, -0.2) is 0 Å². The second-order valence-electron chi connectivity index (χ2n) is 4.10. The van der Waals surface area contributed by atoms with Crippen LogP contribution in [0.4, 0.5) is 0 Å². The van der Waals surface area contributed by atoms with E-state index in [1.807, 2.05) is 0 Å². The van der Waals surface area contributed by atoms with Gasteiger partial charge in [-0.3, -0.25) is 0 Å². The van der Waals surface area contributed by atoms with Gasteiger partial charge in [-0.15, -0.1) is 0 Å². The summed E-state index contributed by atoms with van der Waals surface area (Å²) in [7, 11) is 0. The molecule has 0 radical (unpaired) electrons. The van der Waals surface area contributed by atoms with Crippen LogP contribution in [0.15, 0.2) is 12.2 Å². The maximum atomic E-state index is 5.50. The molecule has 1 heterocycles. The van der Waals surface area contributed by atoms with Gasteiger partial charge < -0.3 is 4.74 Å². The number of rotatable bonds is 0. The molecule has 1 aliphatic heterocycles. The first kappa shape index (κ1) is 7.35. The maximum absolute atomic E-state index is 5.50. The van der Waals surface area contributed by atoms with E-state index < -0.39 is 0 Å². The number of ether oxygens (including phenoxy) is 1. The highest BCUT2D eigenvalue weighted by Crippen LogP contribution is 2.41. The molecule has 1 heteroatoms. The van der Waals surface area contributed by atoms with Crippen molar-refractivity contribution < 1.29 is 4.74 Å². The van der Waals surface area contributed by atoms with E-state index in [0.29, 0.717) is 11.3 Å². The van der Waals surface area contributed by atoms with Crippen molar-refractivity contribution in [3.63, 3.8) is 0 Å². The Labute approximate surface area is 68.4 Å². The van der Waals surface area contributed by atoms with Crippen molar-refractivity contribution in [1.82, 2.24) is 0 Å². The van der Waals surface area contributed by atoms with E-state index in [1.165, 1.54) is 19.3 Å². The molecule has 2 aliphatic rings. The van der Waals surface area contributed by atoms with E-state index >= 15 is 0 Å². The molecule has 1 fully saturated rings. The lowest BCUT2D eigenvalue weighted by atomic mass is 9.77. The molecule has 62 valence electrons. The van der Waals surface area contributed by atoms with Crippen molar-refractivity contribution in [1.29, 1.82) is 0 Å². The van der Waals surface area contributed by atoms with Gasteiger partial charge in [0.1, 0.15) is 0 Å². The first-order valence-electron chi connectivity index (χ1n) is 4.56. The smallest absolute Gasteiger partial charge is 0.0535 e. The average molecular weight is 152 g/mol. The van der Waals surface area contributed by atoms with E-state index in [9.17, 15) is 0 Å². The minimum Gasteiger partial charge on any atom is -0.380 e. The van der Waals surface area contributed by atoms with Crippen LogP contribution >= 0.6 is 0 Å². The van der Waals surface area contributed by atoms with Crippen LogP contribution in [0.2, 0.25) is 0 Å². The van der Waals surface area contributed by atoms with Gasteiger partial charge in [-0.05, 0) is 24.7 Å². The molecule has 0 aromatic rings. The molecule has 0 saturated carbocycles. The van der Waals surface area contributed by atoms with Gasteiger partial charge >= 0.3 is 0 Å². The number of hydrogen-bond donors (Lipinski definition) is 0. The Hall–Kier alpha value is -0.300. The summed E-state index contributed by atoms with van der Waals surface area (Å²) in [6.07, 6.45) is 8.63. The summed E-state index contributed by atoms with van der Waals surface area (Å²) in [5.41, 5.74) is 0.465. The van der Waals surface area contributed by atoms with Crippen LogP contribution in [0.3, 0.4) is 0 Å². The van der Waals surface area contributed by atoms with E-state index in [2.05, 4.69) is 19.1 Å². The quantitative estimate of drug-likeness (QED) is 0.484. The lowest BCUT2D eigenvalue weighted by molar-refractivity contribution is 0.154. The summed E-state index contributed by atoms with van der Waals surface area (Å²) in [5, 5.41) is 0. The Morgan fingerprint density at radius 2 is 2.45 bits per heavy atom. The van der Waals surface area contributed by atoms with Gasteiger partial charge in [0.05, 0.1) is 13.2 Å². The average Bonchev–Trinajstić information content (AvgIpc) is 2.24. The number of fused-ring (bicyclic) bond motifs is 1. The van der Waals surface area contributed by atoms with Crippen LogP contribution in [-0.4, -0.2) is 13.2 Å². The van der Waals surface area contributed by atoms with Crippen LogP contribution in [0.1, 0.15) is 26.2 Å². The molecular formula is C10H16O. The molecule has 1 saturated heterocycles. The van der Waals surface area contributed by atoms with Crippen molar-refractivity contribution in [2.75, 3.05) is 13.2 Å². The first-order valence-corrected chi connectivity index (χ1v) is 4.56. The van der Waals surface area contributed by atoms with E-state index in [1.54, 1.807) is 0 Å². The topological polar surface area (TPSA) is 9.23 Å². The molecule has 0 aromatic heterocycles. The summed E-state index contributed by atoms with van der Waals surface area (Å²) in [6.45, 7) is 4.29. The zero-order valence-electron chi connectivity index (χ0n) is 7.18. The Kier molecular flexibility index (Phi) is 1.76. The van der Waals surface area contributed by atoms with Gasteiger partial charge in [0.25, 0.3) is 0 Å². The summed E-state index contributed by atoms with van der Waals surface area (Å²) in [4.78, 5) is 0. The Morgan fingerprint density at radius 1 is 1.55 bits per heavy atom. The van der Waals surface area contributed by atoms with Crippen LogP contribution in [0.25, 0.3) is 0 Å². The zero-order valence-corrected chi connectivity index (χ0v) is 7.18. The highest BCUT2D eigenvalue weighted by atomic mass is 16.5. The monoisotopic (exact) mass is 152 g/mol. The molecule has 2 atom stereocenters. The second kappa shape index (κ2) is 2.63. The van der Waals surface area contributed by atoms with Gasteiger partial charge in [-0.2, -0.15) is 0 Å². The predicted molar refractivity (Wildman–Crippen MR) is 45.4 cm³/mol. The summed E-state index contributed by atoms with van der Waals surface area (Å²) < 4.78 is 5.50. The third-order valence-electron chi connectivity index (χ3n) is 3.11. The highest BCUT2D eigenvalue weighted by molar-refractivity contribution is 5.02. The van der Waals surface area contributed by atoms with E-state index in [4.69, 9.17) is 4.74 Å². The molecule has 11 heavy (non-hydrogen) atoms. The summed E-state index contributed by atoms with van der Waals surface area (Å²) in [6, 6.07) is 0. The lowest BCUT2D eigenvalue weighted by Crippen LogP contribution is -2.23. The molecule has 0 bridgehead atoms. The third kappa shape index (κ3) is 1.22. The summed E-state index contributed by atoms with van der Waals surface area (Å²) in [5.74, 6) is 0.699. The Bertz CT molecular complexity index is 174. The molecule has 1 aliphatic carbocycles. The van der Waals surface area contributed by atoms with Crippen molar-refractivity contribution >= 4 is 0 Å². The minimum atomic E-state index is 0.465. The number of hydrogen-bond acceptors (Lipinski definition) is 1. The lowest BCUT2D eigenvalue weighted by Gasteiger charge is -2.25. The largest absolute Gasteiger partial charge is 0.380 e. The molecule has 1 nitrogen and oxygen atoms in total. The van der Waals surface area contributed by atoms with Crippen molar-refractivity contribution in [3.05, 3.63) is 12.2 Å². The van der Waals surface area contributed by atoms with Crippen LogP contribution < -0.4 is 0 Å². The van der Waals surface area contributed by atoms with Crippen LogP contribution in [0, 0.1) is 11.3 Å². The van der Waals surface area contributed by atoms with Gasteiger partial charge in [0.2, 0.25) is 0 Å². The van der Waals surface area contributed by atoms with Crippen LogP contribution in [-0.2, 0) is 4.74 Å². The van der Waals surface area contributed by atoms with Gasteiger partial charge in [0.15, 0.2) is 0 Å². The molecule has 0 aromatic carbocycles. The molecule has 2 rings (SSSR count). The SMILES string of the molecule is C[C@]12CCCC=C[C@H]1COC2. The molecular weight excluding hydrogens is 136 g/mol. The summed E-state index contributed by atoms with van der Waals surface area (Å²) >= 11 is 0. The maximum Gasteiger partial charge on any atom is 0.0535 e. The van der Waals surface area contributed by atoms with Crippen LogP contribution in [0.5, 0.6) is 0 Å². The van der Waals surface area contributed by atoms with Gasteiger partial charge in [-0.1, -0.05) is 19.1 Å². The minimum absolute atomic E-state index is 0.465. The van der Waals surface area contributed by atoms with Crippen molar-refractivity contribution in [3.8, 4) is 0 Å². The van der Waals surface area contributed by atoms with E-state index in [-0.39, 0.29) is 0 Å². The third-order valence-corrected chi connectivity index (χ3v) is 3.11. The second-order valence-corrected chi connectivity index (χ2v) is 4.10. The van der Waals surface area contributed by atoms with E-state index in [0.717, 1.165) is 13.2 Å². The normalized spacial score (nSPS) is 43.5. The Balaban J connectivity index is 2.18. The standard InChI is InChI=1S/C10H16O/c1-10-6-4-2-3-5-9(10)7-11-8-10/h3,5,9H,2,4,6-8H2,1H3/t9-,10+/m0/s1. The fourth-order valence-electron chi connectivity index (χ4n) is 2.16. The Morgan fingerprint density at radius 3 is 3.36 bits per heavy atom. The fraction of sp³-hybridized carbons (Fsp3) is 0.800. The zero-order chi connectivity index (χ0) is 7.73. The predicted octanol–water partition coefficient (Wildman–Crippen LogP) is 2.38. The molecule has 0 amide bonds. The fourth-order valence-corrected chi connectivity index (χ4v) is 2.16. The number of allylic oxidation sites excluding steroid dienone is 1. The molecule has 0 unspecified atom stereocenters. The van der Waals surface area contributed by atoms with Crippen molar-refractivity contribution in [2.45, 2.75) is 26.2 Å². The van der Waals surface area contributed by atoms with Crippen molar-refractivity contribution in [2.24, 2.45) is 11.3 Å². The van der Waals surface area contributed by atoms with Gasteiger partial charge in [0, 0.05) is 5.92 Å². The highest BCUT2D eigenvalue weighted by Gasteiger charge is 2.38. The molecule has 0 spiro atoms.